The van der Waals surface area contributed by atoms with Gasteiger partial charge < -0.3 is 11.1 Å². The molecule has 1 amide bonds. The third-order valence-corrected chi connectivity index (χ3v) is 5.00. The number of hydrogen-bond donors (Lipinski definition) is 2. The molecule has 3 N–H and O–H groups in total. The van der Waals surface area contributed by atoms with E-state index in [1.165, 1.54) is 30.6 Å². The standard InChI is InChI=1S/C14H21N3OS/c1-9-3-2-6-14(15,7-9)12(18)17-13-16-11(8-19-13)10-4-5-10/h8-10H,2-7,15H2,1H3,(H,16,17,18). The Morgan fingerprint density at radius 2 is 2.32 bits per heavy atom. The van der Waals surface area contributed by atoms with E-state index in [0.717, 1.165) is 25.0 Å². The molecule has 1 aromatic rings. The second-order valence-electron chi connectivity index (χ2n) is 6.16. The van der Waals surface area contributed by atoms with Gasteiger partial charge in [0.1, 0.15) is 0 Å². The van der Waals surface area contributed by atoms with Gasteiger partial charge in [-0.3, -0.25) is 4.79 Å². The number of aromatic nitrogens is 1. The topological polar surface area (TPSA) is 68.0 Å². The van der Waals surface area contributed by atoms with E-state index in [2.05, 4.69) is 22.6 Å². The Morgan fingerprint density at radius 1 is 1.53 bits per heavy atom. The first-order valence-corrected chi connectivity index (χ1v) is 8.00. The summed E-state index contributed by atoms with van der Waals surface area (Å²) in [5.41, 5.74) is 6.71. The highest BCUT2D eigenvalue weighted by Crippen LogP contribution is 2.41. The summed E-state index contributed by atoms with van der Waals surface area (Å²) in [6, 6.07) is 0. The van der Waals surface area contributed by atoms with E-state index >= 15 is 0 Å². The molecular weight excluding hydrogens is 258 g/mol. The van der Waals surface area contributed by atoms with Crippen molar-refractivity contribution >= 4 is 22.4 Å². The summed E-state index contributed by atoms with van der Waals surface area (Å²) in [4.78, 5) is 16.8. The van der Waals surface area contributed by atoms with E-state index in [-0.39, 0.29) is 5.91 Å². The summed E-state index contributed by atoms with van der Waals surface area (Å²) in [7, 11) is 0. The lowest BCUT2D eigenvalue weighted by molar-refractivity contribution is -0.122. The summed E-state index contributed by atoms with van der Waals surface area (Å²) in [5.74, 6) is 1.10. The Labute approximate surface area is 117 Å². The summed E-state index contributed by atoms with van der Waals surface area (Å²) < 4.78 is 0. The van der Waals surface area contributed by atoms with Gasteiger partial charge in [-0.05, 0) is 31.6 Å². The second-order valence-corrected chi connectivity index (χ2v) is 7.02. The van der Waals surface area contributed by atoms with Crippen LogP contribution in [0.3, 0.4) is 0 Å². The van der Waals surface area contributed by atoms with Gasteiger partial charge in [-0.1, -0.05) is 19.8 Å². The van der Waals surface area contributed by atoms with Crippen LogP contribution in [0.4, 0.5) is 5.13 Å². The minimum atomic E-state index is -0.705. The SMILES string of the molecule is CC1CCCC(N)(C(=O)Nc2nc(C3CC3)cs2)C1. The number of rotatable bonds is 3. The molecule has 19 heavy (non-hydrogen) atoms. The fourth-order valence-electron chi connectivity index (χ4n) is 2.93. The van der Waals surface area contributed by atoms with Gasteiger partial charge in [0.05, 0.1) is 11.2 Å². The summed E-state index contributed by atoms with van der Waals surface area (Å²) in [6.07, 6.45) is 6.24. The number of nitrogens with one attached hydrogen (secondary N) is 1. The lowest BCUT2D eigenvalue weighted by Gasteiger charge is -2.34. The number of carbonyl (C=O) groups is 1. The number of carbonyl (C=O) groups excluding carboxylic acids is 1. The Balaban J connectivity index is 1.65. The minimum absolute atomic E-state index is 0.0595. The number of hydrogen-bond acceptors (Lipinski definition) is 4. The summed E-state index contributed by atoms with van der Waals surface area (Å²) >= 11 is 1.51. The largest absolute Gasteiger partial charge is 0.317 e. The fourth-order valence-corrected chi connectivity index (χ4v) is 3.72. The molecule has 0 spiro atoms. The summed E-state index contributed by atoms with van der Waals surface area (Å²) in [5, 5.41) is 5.68. The zero-order chi connectivity index (χ0) is 13.5. The lowest BCUT2D eigenvalue weighted by atomic mass is 9.76. The lowest BCUT2D eigenvalue weighted by Crippen LogP contribution is -2.53. The van der Waals surface area contributed by atoms with Gasteiger partial charge >= 0.3 is 0 Å². The zero-order valence-corrected chi connectivity index (χ0v) is 12.1. The fraction of sp³-hybridized carbons (Fsp3) is 0.714. The van der Waals surface area contributed by atoms with Crippen LogP contribution >= 0.6 is 11.3 Å². The molecule has 5 heteroatoms. The smallest absolute Gasteiger partial charge is 0.246 e. The van der Waals surface area contributed by atoms with Crippen molar-refractivity contribution in [2.75, 3.05) is 5.32 Å². The Morgan fingerprint density at radius 3 is 3.00 bits per heavy atom. The van der Waals surface area contributed by atoms with Crippen molar-refractivity contribution in [2.24, 2.45) is 11.7 Å². The van der Waals surface area contributed by atoms with Crippen LogP contribution in [-0.4, -0.2) is 16.4 Å². The van der Waals surface area contributed by atoms with Crippen LogP contribution < -0.4 is 11.1 Å². The Kier molecular flexibility index (Phi) is 3.35. The van der Waals surface area contributed by atoms with E-state index in [0.29, 0.717) is 17.0 Å². The molecule has 2 saturated carbocycles. The molecule has 104 valence electrons. The molecule has 2 aliphatic rings. The zero-order valence-electron chi connectivity index (χ0n) is 11.3. The van der Waals surface area contributed by atoms with Crippen LogP contribution in [0.2, 0.25) is 0 Å². The molecule has 0 radical (unpaired) electrons. The highest BCUT2D eigenvalue weighted by Gasteiger charge is 2.38. The Hall–Kier alpha value is -0.940. The van der Waals surface area contributed by atoms with Crippen molar-refractivity contribution in [2.45, 2.75) is 56.9 Å². The van der Waals surface area contributed by atoms with E-state index in [1.807, 2.05) is 0 Å². The molecule has 4 nitrogen and oxygen atoms in total. The van der Waals surface area contributed by atoms with Gasteiger partial charge in [-0.25, -0.2) is 4.98 Å². The van der Waals surface area contributed by atoms with Crippen LogP contribution in [0.1, 0.15) is 57.1 Å². The number of anilines is 1. The monoisotopic (exact) mass is 279 g/mol. The number of amides is 1. The minimum Gasteiger partial charge on any atom is -0.317 e. The second kappa shape index (κ2) is 4.87. The molecule has 0 aromatic carbocycles. The molecule has 2 fully saturated rings. The van der Waals surface area contributed by atoms with Crippen molar-refractivity contribution in [3.8, 4) is 0 Å². The van der Waals surface area contributed by atoms with Gasteiger partial charge in [-0.15, -0.1) is 11.3 Å². The van der Waals surface area contributed by atoms with Crippen LogP contribution in [0.5, 0.6) is 0 Å². The average Bonchev–Trinajstić information content (AvgIpc) is 3.10. The van der Waals surface area contributed by atoms with Crippen LogP contribution in [0, 0.1) is 5.92 Å². The molecule has 0 saturated heterocycles. The van der Waals surface area contributed by atoms with E-state index in [1.54, 1.807) is 0 Å². The molecule has 1 aromatic heterocycles. The Bertz CT molecular complexity index is 483. The van der Waals surface area contributed by atoms with Gasteiger partial charge in [0.2, 0.25) is 5.91 Å². The quantitative estimate of drug-likeness (QED) is 0.894. The van der Waals surface area contributed by atoms with E-state index < -0.39 is 5.54 Å². The molecule has 2 atom stereocenters. The number of thiazole rings is 1. The van der Waals surface area contributed by atoms with Crippen LogP contribution in [-0.2, 0) is 4.79 Å². The van der Waals surface area contributed by atoms with Crippen molar-refractivity contribution in [3.05, 3.63) is 11.1 Å². The van der Waals surface area contributed by atoms with E-state index in [9.17, 15) is 4.79 Å². The van der Waals surface area contributed by atoms with Crippen LogP contribution in [0.15, 0.2) is 5.38 Å². The maximum Gasteiger partial charge on any atom is 0.246 e. The third kappa shape index (κ3) is 2.82. The normalized spacial score (nSPS) is 31.2. The molecular formula is C14H21N3OS. The predicted octanol–water partition coefficient (Wildman–Crippen LogP) is 2.87. The van der Waals surface area contributed by atoms with Gasteiger partial charge in [0, 0.05) is 11.3 Å². The number of nitrogens with zero attached hydrogens (tertiary/aromatic N) is 1. The first kappa shape index (κ1) is 13.1. The van der Waals surface area contributed by atoms with Gasteiger partial charge in [-0.2, -0.15) is 0 Å². The first-order chi connectivity index (χ1) is 9.07. The van der Waals surface area contributed by atoms with Crippen molar-refractivity contribution < 1.29 is 4.79 Å². The predicted molar refractivity (Wildman–Crippen MR) is 77.3 cm³/mol. The van der Waals surface area contributed by atoms with Crippen molar-refractivity contribution in [1.29, 1.82) is 0 Å². The van der Waals surface area contributed by atoms with Crippen molar-refractivity contribution in [3.63, 3.8) is 0 Å². The molecule has 3 rings (SSSR count). The highest BCUT2D eigenvalue weighted by molar-refractivity contribution is 7.14. The van der Waals surface area contributed by atoms with E-state index in [4.69, 9.17) is 5.73 Å². The third-order valence-electron chi connectivity index (χ3n) is 4.22. The first-order valence-electron chi connectivity index (χ1n) is 7.12. The molecule has 1 heterocycles. The van der Waals surface area contributed by atoms with Crippen molar-refractivity contribution in [1.82, 2.24) is 4.98 Å². The maximum atomic E-state index is 12.4. The highest BCUT2D eigenvalue weighted by atomic mass is 32.1. The molecule has 2 unspecified atom stereocenters. The molecule has 0 bridgehead atoms. The van der Waals surface area contributed by atoms with Gasteiger partial charge in [0.15, 0.2) is 5.13 Å². The maximum absolute atomic E-state index is 12.4. The molecule has 2 aliphatic carbocycles. The molecule has 0 aliphatic heterocycles. The van der Waals surface area contributed by atoms with Gasteiger partial charge in [0.25, 0.3) is 0 Å². The average molecular weight is 279 g/mol. The van der Waals surface area contributed by atoms with Crippen LogP contribution in [0.25, 0.3) is 0 Å². The number of nitrogens with two attached hydrogens (primary N) is 1. The summed E-state index contributed by atoms with van der Waals surface area (Å²) in [6.45, 7) is 2.17.